The normalized spacial score (nSPS) is 10.1. The minimum absolute atomic E-state index is 0.0194. The Morgan fingerprint density at radius 3 is 2.46 bits per heavy atom. The lowest BCUT2D eigenvalue weighted by Gasteiger charge is -2.01. The zero-order valence-electron chi connectivity index (χ0n) is 6.69. The van der Waals surface area contributed by atoms with Crippen molar-refractivity contribution >= 4 is 6.29 Å². The van der Waals surface area contributed by atoms with E-state index in [0.717, 1.165) is 12.1 Å². The first-order valence-electron chi connectivity index (χ1n) is 3.73. The lowest BCUT2D eigenvalue weighted by molar-refractivity contribution is -0.107. The maximum atomic E-state index is 12.9. The summed E-state index contributed by atoms with van der Waals surface area (Å²) >= 11 is 0. The van der Waals surface area contributed by atoms with Gasteiger partial charge in [-0.05, 0) is 18.1 Å². The predicted octanol–water partition coefficient (Wildman–Crippen LogP) is 2.24. The first-order chi connectivity index (χ1) is 6.16. The molecular formula is C9H7F3O. The van der Waals surface area contributed by atoms with Gasteiger partial charge in [-0.3, -0.25) is 0 Å². The van der Waals surface area contributed by atoms with Crippen molar-refractivity contribution in [1.82, 2.24) is 0 Å². The molecule has 0 radical (unpaired) electrons. The highest BCUT2D eigenvalue weighted by molar-refractivity contribution is 5.50. The highest BCUT2D eigenvalue weighted by Crippen LogP contribution is 2.15. The molecule has 0 spiro atoms. The summed E-state index contributed by atoms with van der Waals surface area (Å²) < 4.78 is 37.8. The molecule has 0 unspecified atom stereocenters. The lowest BCUT2D eigenvalue weighted by Crippen LogP contribution is -1.97. The second-order valence-electron chi connectivity index (χ2n) is 2.54. The quantitative estimate of drug-likeness (QED) is 0.525. The fourth-order valence-corrected chi connectivity index (χ4v) is 0.973. The molecule has 0 aromatic heterocycles. The summed E-state index contributed by atoms with van der Waals surface area (Å²) in [5.41, 5.74) is 0.0194. The van der Waals surface area contributed by atoms with E-state index >= 15 is 0 Å². The van der Waals surface area contributed by atoms with E-state index in [1.54, 1.807) is 0 Å². The van der Waals surface area contributed by atoms with Gasteiger partial charge in [0.2, 0.25) is 0 Å². The third-order valence-corrected chi connectivity index (χ3v) is 1.65. The van der Waals surface area contributed by atoms with Gasteiger partial charge in [-0.15, -0.1) is 0 Å². The van der Waals surface area contributed by atoms with Crippen LogP contribution < -0.4 is 0 Å². The van der Waals surface area contributed by atoms with Gasteiger partial charge in [0.1, 0.15) is 6.29 Å². The Bertz CT molecular complexity index is 323. The number of aldehydes is 1. The van der Waals surface area contributed by atoms with Crippen LogP contribution in [0.1, 0.15) is 12.0 Å². The van der Waals surface area contributed by atoms with Gasteiger partial charge in [0.25, 0.3) is 0 Å². The summed E-state index contributed by atoms with van der Waals surface area (Å²) in [7, 11) is 0. The van der Waals surface area contributed by atoms with Gasteiger partial charge in [-0.2, -0.15) is 0 Å². The fraction of sp³-hybridized carbons (Fsp3) is 0.222. The van der Waals surface area contributed by atoms with Crippen LogP contribution in [0.25, 0.3) is 0 Å². The highest BCUT2D eigenvalue weighted by atomic mass is 19.2. The van der Waals surface area contributed by atoms with Crippen molar-refractivity contribution in [2.45, 2.75) is 12.8 Å². The second-order valence-corrected chi connectivity index (χ2v) is 2.54. The summed E-state index contributed by atoms with van der Waals surface area (Å²) in [6.07, 6.45) is 0.787. The molecule has 0 heterocycles. The molecule has 0 saturated heterocycles. The number of carbonyl (C=O) groups is 1. The van der Waals surface area contributed by atoms with Gasteiger partial charge >= 0.3 is 0 Å². The Morgan fingerprint density at radius 2 is 1.85 bits per heavy atom. The molecule has 1 aromatic carbocycles. The van der Waals surface area contributed by atoms with Crippen molar-refractivity contribution in [2.24, 2.45) is 0 Å². The molecule has 0 aliphatic rings. The van der Waals surface area contributed by atoms with Crippen molar-refractivity contribution in [3.63, 3.8) is 0 Å². The topological polar surface area (TPSA) is 17.1 Å². The molecule has 0 aliphatic carbocycles. The van der Waals surface area contributed by atoms with E-state index in [9.17, 15) is 18.0 Å². The van der Waals surface area contributed by atoms with Crippen LogP contribution in [0.5, 0.6) is 0 Å². The third-order valence-electron chi connectivity index (χ3n) is 1.65. The molecule has 1 aromatic rings. The largest absolute Gasteiger partial charge is 0.303 e. The molecule has 0 atom stereocenters. The van der Waals surface area contributed by atoms with Crippen LogP contribution in [0, 0.1) is 17.5 Å². The molecule has 1 rings (SSSR count). The monoisotopic (exact) mass is 188 g/mol. The zero-order chi connectivity index (χ0) is 9.84. The molecule has 0 N–H and O–H groups in total. The van der Waals surface area contributed by atoms with Crippen molar-refractivity contribution in [3.8, 4) is 0 Å². The first-order valence-corrected chi connectivity index (χ1v) is 3.73. The number of hydrogen-bond acceptors (Lipinski definition) is 1. The van der Waals surface area contributed by atoms with Crippen molar-refractivity contribution in [1.29, 1.82) is 0 Å². The lowest BCUT2D eigenvalue weighted by atomic mass is 10.1. The van der Waals surface area contributed by atoms with Gasteiger partial charge in [-0.25, -0.2) is 13.2 Å². The van der Waals surface area contributed by atoms with E-state index in [4.69, 9.17) is 0 Å². The number of halogens is 3. The molecule has 0 saturated carbocycles. The number of benzene rings is 1. The Labute approximate surface area is 73.2 Å². The van der Waals surface area contributed by atoms with Gasteiger partial charge in [0, 0.05) is 6.42 Å². The maximum Gasteiger partial charge on any atom is 0.194 e. The zero-order valence-corrected chi connectivity index (χ0v) is 6.69. The molecular weight excluding hydrogens is 181 g/mol. The van der Waals surface area contributed by atoms with E-state index in [1.165, 1.54) is 0 Å². The number of hydrogen-bond donors (Lipinski definition) is 0. The van der Waals surface area contributed by atoms with E-state index in [-0.39, 0.29) is 18.4 Å². The van der Waals surface area contributed by atoms with Gasteiger partial charge in [-0.1, -0.05) is 6.07 Å². The number of rotatable bonds is 3. The average Bonchev–Trinajstić information content (AvgIpc) is 2.13. The molecule has 0 fully saturated rings. The smallest absolute Gasteiger partial charge is 0.194 e. The van der Waals surface area contributed by atoms with E-state index < -0.39 is 17.5 Å². The number of carbonyl (C=O) groups excluding carboxylic acids is 1. The van der Waals surface area contributed by atoms with E-state index in [2.05, 4.69) is 0 Å². The SMILES string of the molecule is O=CCCc1ccc(F)c(F)c1F. The highest BCUT2D eigenvalue weighted by Gasteiger charge is 2.12. The summed E-state index contributed by atoms with van der Waals surface area (Å²) in [6.45, 7) is 0. The first kappa shape index (κ1) is 9.77. The fourth-order valence-electron chi connectivity index (χ4n) is 0.973. The van der Waals surface area contributed by atoms with E-state index in [1.807, 2.05) is 0 Å². The molecule has 0 aliphatic heterocycles. The van der Waals surface area contributed by atoms with Crippen LogP contribution in [-0.4, -0.2) is 6.29 Å². The Hall–Kier alpha value is -1.32. The van der Waals surface area contributed by atoms with Crippen LogP contribution >= 0.6 is 0 Å². The Balaban J connectivity index is 2.96. The van der Waals surface area contributed by atoms with Gasteiger partial charge in [0.15, 0.2) is 17.5 Å². The van der Waals surface area contributed by atoms with Crippen molar-refractivity contribution in [2.75, 3.05) is 0 Å². The second kappa shape index (κ2) is 4.07. The summed E-state index contributed by atoms with van der Waals surface area (Å²) in [5, 5.41) is 0. The third kappa shape index (κ3) is 2.08. The molecule has 70 valence electrons. The minimum atomic E-state index is -1.48. The van der Waals surface area contributed by atoms with Crippen LogP contribution in [0.15, 0.2) is 12.1 Å². The predicted molar refractivity (Wildman–Crippen MR) is 40.7 cm³/mol. The van der Waals surface area contributed by atoms with Crippen LogP contribution in [-0.2, 0) is 11.2 Å². The summed E-state index contributed by atoms with van der Waals surface area (Å²) in [5.74, 6) is -3.90. The van der Waals surface area contributed by atoms with Crippen LogP contribution in [0.2, 0.25) is 0 Å². The van der Waals surface area contributed by atoms with E-state index in [0.29, 0.717) is 6.29 Å². The molecule has 13 heavy (non-hydrogen) atoms. The average molecular weight is 188 g/mol. The molecule has 0 amide bonds. The Morgan fingerprint density at radius 1 is 1.15 bits per heavy atom. The molecule has 0 bridgehead atoms. The minimum Gasteiger partial charge on any atom is -0.303 e. The van der Waals surface area contributed by atoms with Gasteiger partial charge in [0.05, 0.1) is 0 Å². The summed E-state index contributed by atoms with van der Waals surface area (Å²) in [6, 6.07) is 1.98. The molecule has 4 heteroatoms. The van der Waals surface area contributed by atoms with Gasteiger partial charge < -0.3 is 4.79 Å². The summed E-state index contributed by atoms with van der Waals surface area (Å²) in [4.78, 5) is 9.95. The van der Waals surface area contributed by atoms with Crippen LogP contribution in [0.3, 0.4) is 0 Å². The Kier molecular flexibility index (Phi) is 3.06. The standard InChI is InChI=1S/C9H7F3O/c10-7-4-3-6(2-1-5-13)8(11)9(7)12/h3-5H,1-2H2. The van der Waals surface area contributed by atoms with Crippen molar-refractivity contribution < 1.29 is 18.0 Å². The molecule has 1 nitrogen and oxygen atoms in total. The maximum absolute atomic E-state index is 12.9. The van der Waals surface area contributed by atoms with Crippen LogP contribution in [0.4, 0.5) is 13.2 Å². The number of aryl methyl sites for hydroxylation is 1. The van der Waals surface area contributed by atoms with Crippen molar-refractivity contribution in [3.05, 3.63) is 35.1 Å².